The van der Waals surface area contributed by atoms with Crippen LogP contribution < -0.4 is 16.0 Å². The lowest BCUT2D eigenvalue weighted by Gasteiger charge is -2.30. The van der Waals surface area contributed by atoms with Crippen LogP contribution in [0.15, 0.2) is 36.0 Å². The Kier molecular flexibility index (Phi) is 5.61. The van der Waals surface area contributed by atoms with Crippen LogP contribution in [0.5, 0.6) is 0 Å². The first kappa shape index (κ1) is 19.9. The van der Waals surface area contributed by atoms with Crippen molar-refractivity contribution < 1.29 is 4.79 Å². The Hall–Kier alpha value is -2.38. The third-order valence-corrected chi connectivity index (χ3v) is 6.69. The number of nitrogens with zero attached hydrogens (tertiary/aromatic N) is 3. The van der Waals surface area contributed by atoms with Gasteiger partial charge in [0.25, 0.3) is 0 Å². The summed E-state index contributed by atoms with van der Waals surface area (Å²) in [5, 5.41) is 6.38. The minimum absolute atomic E-state index is 0. The first-order valence-electron chi connectivity index (χ1n) is 9.84. The highest BCUT2D eigenvalue weighted by Gasteiger charge is 2.34. The lowest BCUT2D eigenvalue weighted by molar-refractivity contribution is -0.123. The number of hydrogen-bond acceptors (Lipinski definition) is 6. The molecule has 0 saturated carbocycles. The van der Waals surface area contributed by atoms with Crippen LogP contribution in [0.4, 0.5) is 11.5 Å². The number of rotatable bonds is 3. The minimum Gasteiger partial charge on any atom is -0.399 e. The SMILES string of the molecule is Cl.Nc1ccc2c(c1)CCCC2NC(=O)C1CCCN1c1ncnc2sccc12. The number of anilines is 2. The second-order valence-electron chi connectivity index (χ2n) is 7.60. The molecule has 152 valence electrons. The van der Waals surface area contributed by atoms with Crippen molar-refractivity contribution in [1.82, 2.24) is 15.3 Å². The molecule has 8 heteroatoms. The smallest absolute Gasteiger partial charge is 0.243 e. The van der Waals surface area contributed by atoms with E-state index in [0.29, 0.717) is 0 Å². The fourth-order valence-electron chi connectivity index (χ4n) is 4.55. The molecule has 3 heterocycles. The van der Waals surface area contributed by atoms with Gasteiger partial charge in [0.1, 0.15) is 23.0 Å². The van der Waals surface area contributed by atoms with Gasteiger partial charge in [-0.05, 0) is 66.8 Å². The molecule has 1 aromatic carbocycles. The Bertz CT molecular complexity index is 1040. The largest absolute Gasteiger partial charge is 0.399 e. The topological polar surface area (TPSA) is 84.1 Å². The van der Waals surface area contributed by atoms with Crippen LogP contribution in [0.3, 0.4) is 0 Å². The number of halogens is 1. The number of aryl methyl sites for hydroxylation is 1. The van der Waals surface area contributed by atoms with Gasteiger partial charge in [0, 0.05) is 12.2 Å². The third-order valence-electron chi connectivity index (χ3n) is 5.87. The molecular weight excluding hydrogens is 406 g/mol. The number of hydrogen-bond donors (Lipinski definition) is 2. The van der Waals surface area contributed by atoms with E-state index in [0.717, 1.165) is 60.4 Å². The van der Waals surface area contributed by atoms with Crippen LogP contribution in [0.1, 0.15) is 42.9 Å². The number of aromatic nitrogens is 2. The molecule has 3 N–H and O–H groups in total. The predicted octanol–water partition coefficient (Wildman–Crippen LogP) is 3.86. The van der Waals surface area contributed by atoms with E-state index in [1.165, 1.54) is 11.1 Å². The minimum atomic E-state index is -0.183. The summed E-state index contributed by atoms with van der Waals surface area (Å²) in [6.07, 6.45) is 6.51. The number of thiophene rings is 1. The number of amides is 1. The van der Waals surface area contributed by atoms with E-state index in [1.54, 1.807) is 17.7 Å². The Balaban J connectivity index is 0.00000205. The van der Waals surface area contributed by atoms with Crippen LogP contribution in [-0.2, 0) is 11.2 Å². The average molecular weight is 430 g/mol. The predicted molar refractivity (Wildman–Crippen MR) is 120 cm³/mol. The summed E-state index contributed by atoms with van der Waals surface area (Å²) in [6, 6.07) is 7.97. The zero-order chi connectivity index (χ0) is 19.1. The van der Waals surface area contributed by atoms with Crippen LogP contribution in [-0.4, -0.2) is 28.5 Å². The summed E-state index contributed by atoms with van der Waals surface area (Å²) in [6.45, 7) is 0.845. The number of benzene rings is 1. The van der Waals surface area contributed by atoms with Gasteiger partial charge in [-0.15, -0.1) is 23.7 Å². The molecule has 3 aromatic rings. The Morgan fingerprint density at radius 2 is 2.10 bits per heavy atom. The van der Waals surface area contributed by atoms with Gasteiger partial charge >= 0.3 is 0 Å². The maximum Gasteiger partial charge on any atom is 0.243 e. The number of fused-ring (bicyclic) bond motifs is 2. The molecule has 5 rings (SSSR count). The van der Waals surface area contributed by atoms with Crippen LogP contribution in [0, 0.1) is 0 Å². The number of carbonyl (C=O) groups is 1. The van der Waals surface area contributed by atoms with E-state index in [1.807, 2.05) is 23.6 Å². The molecule has 2 atom stereocenters. The van der Waals surface area contributed by atoms with E-state index in [2.05, 4.69) is 26.3 Å². The number of nitrogen functional groups attached to an aromatic ring is 1. The van der Waals surface area contributed by atoms with Gasteiger partial charge in [-0.2, -0.15) is 0 Å². The molecule has 1 saturated heterocycles. The molecule has 1 amide bonds. The molecule has 0 bridgehead atoms. The Labute approximate surface area is 179 Å². The Morgan fingerprint density at radius 3 is 3.00 bits per heavy atom. The summed E-state index contributed by atoms with van der Waals surface area (Å²) in [5.41, 5.74) is 9.20. The summed E-state index contributed by atoms with van der Waals surface area (Å²) < 4.78 is 0. The second kappa shape index (κ2) is 8.16. The van der Waals surface area contributed by atoms with Crippen molar-refractivity contribution in [1.29, 1.82) is 0 Å². The van der Waals surface area contributed by atoms with E-state index in [9.17, 15) is 4.79 Å². The highest BCUT2D eigenvalue weighted by atomic mass is 35.5. The average Bonchev–Trinajstić information content (AvgIpc) is 3.37. The van der Waals surface area contributed by atoms with Crippen LogP contribution in [0.2, 0.25) is 0 Å². The lowest BCUT2D eigenvalue weighted by atomic mass is 9.87. The van der Waals surface area contributed by atoms with E-state index in [-0.39, 0.29) is 30.4 Å². The monoisotopic (exact) mass is 429 g/mol. The molecule has 0 spiro atoms. The molecule has 1 aliphatic heterocycles. The fraction of sp³-hybridized carbons (Fsp3) is 0.381. The quantitative estimate of drug-likeness (QED) is 0.617. The van der Waals surface area contributed by atoms with E-state index < -0.39 is 0 Å². The second-order valence-corrected chi connectivity index (χ2v) is 8.49. The van der Waals surface area contributed by atoms with Crippen molar-refractivity contribution >= 4 is 51.4 Å². The first-order valence-corrected chi connectivity index (χ1v) is 10.7. The van der Waals surface area contributed by atoms with Gasteiger partial charge in [-0.3, -0.25) is 4.79 Å². The molecule has 2 aliphatic rings. The van der Waals surface area contributed by atoms with Crippen molar-refractivity contribution in [2.45, 2.75) is 44.2 Å². The van der Waals surface area contributed by atoms with E-state index in [4.69, 9.17) is 5.73 Å². The standard InChI is InChI=1S/C21H23N5OS.ClH/c22-14-6-7-15-13(11-14)3-1-4-17(15)25-20(27)18-5-2-9-26(18)19-16-8-10-28-21(16)24-12-23-19;/h6-8,10-12,17-18H,1-5,9,22H2,(H,25,27);1H. The van der Waals surface area contributed by atoms with Gasteiger partial charge < -0.3 is 16.0 Å². The molecule has 2 unspecified atom stereocenters. The van der Waals surface area contributed by atoms with Gasteiger partial charge in [-0.25, -0.2) is 9.97 Å². The third kappa shape index (κ3) is 3.65. The lowest BCUT2D eigenvalue weighted by Crippen LogP contribution is -2.45. The molecule has 1 fully saturated rings. The highest BCUT2D eigenvalue weighted by Crippen LogP contribution is 2.34. The van der Waals surface area contributed by atoms with Crippen molar-refractivity contribution in [3.63, 3.8) is 0 Å². The highest BCUT2D eigenvalue weighted by molar-refractivity contribution is 7.16. The van der Waals surface area contributed by atoms with Crippen molar-refractivity contribution in [3.8, 4) is 0 Å². The summed E-state index contributed by atoms with van der Waals surface area (Å²) in [7, 11) is 0. The zero-order valence-corrected chi connectivity index (χ0v) is 17.6. The maximum atomic E-state index is 13.2. The first-order chi connectivity index (χ1) is 13.7. The molecule has 6 nitrogen and oxygen atoms in total. The summed E-state index contributed by atoms with van der Waals surface area (Å²) in [5.74, 6) is 0.967. The number of carbonyl (C=O) groups excluding carboxylic acids is 1. The molecule has 0 radical (unpaired) electrons. The molecule has 1 aliphatic carbocycles. The van der Waals surface area contributed by atoms with Crippen LogP contribution in [0.25, 0.3) is 10.2 Å². The van der Waals surface area contributed by atoms with Gasteiger partial charge in [0.15, 0.2) is 0 Å². The van der Waals surface area contributed by atoms with Crippen molar-refractivity contribution in [2.75, 3.05) is 17.2 Å². The molecular formula is C21H24ClN5OS. The number of nitrogens with one attached hydrogen (secondary N) is 1. The summed E-state index contributed by atoms with van der Waals surface area (Å²) >= 11 is 1.60. The number of nitrogens with two attached hydrogens (primary N) is 1. The van der Waals surface area contributed by atoms with Gasteiger partial charge in [-0.1, -0.05) is 6.07 Å². The zero-order valence-electron chi connectivity index (χ0n) is 16.0. The van der Waals surface area contributed by atoms with E-state index >= 15 is 0 Å². The molecule has 29 heavy (non-hydrogen) atoms. The summed E-state index contributed by atoms with van der Waals surface area (Å²) in [4.78, 5) is 25.2. The molecule has 2 aromatic heterocycles. The normalized spacial score (nSPS) is 20.9. The maximum absolute atomic E-state index is 13.2. The van der Waals surface area contributed by atoms with Crippen molar-refractivity contribution in [2.24, 2.45) is 0 Å². The fourth-order valence-corrected chi connectivity index (χ4v) is 5.28. The van der Waals surface area contributed by atoms with Gasteiger partial charge in [0.05, 0.1) is 11.4 Å². The Morgan fingerprint density at radius 1 is 1.21 bits per heavy atom. The van der Waals surface area contributed by atoms with Crippen LogP contribution >= 0.6 is 23.7 Å². The van der Waals surface area contributed by atoms with Gasteiger partial charge in [0.2, 0.25) is 5.91 Å². The van der Waals surface area contributed by atoms with Crippen molar-refractivity contribution in [3.05, 3.63) is 47.1 Å².